The lowest BCUT2D eigenvalue weighted by Crippen LogP contribution is -2.31. The average molecular weight is 376 g/mol. The fraction of sp³-hybridized carbons (Fsp3) is 0.750. The fourth-order valence-corrected chi connectivity index (χ4v) is 4.38. The van der Waals surface area contributed by atoms with Crippen molar-refractivity contribution in [1.29, 1.82) is 0 Å². The van der Waals surface area contributed by atoms with Gasteiger partial charge in [0, 0.05) is 24.9 Å². The predicted molar refractivity (Wildman–Crippen MR) is 107 cm³/mol. The Balaban J connectivity index is 1.67. The molecule has 1 aromatic heterocycles. The maximum absolute atomic E-state index is 11.8. The lowest BCUT2D eigenvalue weighted by molar-refractivity contribution is 0.100. The van der Waals surface area contributed by atoms with Gasteiger partial charge in [0.25, 0.3) is 5.91 Å². The second-order valence-electron chi connectivity index (χ2n) is 8.20. The number of nitrogens with zero attached hydrogens (tertiary/aromatic N) is 2. The summed E-state index contributed by atoms with van der Waals surface area (Å²) in [5.74, 6) is 1.57. The second-order valence-corrected chi connectivity index (χ2v) is 8.20. The summed E-state index contributed by atoms with van der Waals surface area (Å²) in [5.41, 5.74) is 5.85. The molecule has 7 nitrogen and oxygen atoms in total. The van der Waals surface area contributed by atoms with E-state index in [4.69, 9.17) is 5.73 Å². The quantitative estimate of drug-likeness (QED) is 0.583. The fourth-order valence-electron chi connectivity index (χ4n) is 4.38. The molecule has 3 rings (SSSR count). The first-order chi connectivity index (χ1) is 13.1. The highest BCUT2D eigenvalue weighted by Gasteiger charge is 2.24. The SMILES string of the molecule is C[C@H](Nc1ncc(C(N)=O)c(N[C@H]2CC[C@@H](CO)CC2)n1)C1CCCCC1. The third-order valence-corrected chi connectivity index (χ3v) is 6.21. The van der Waals surface area contributed by atoms with Crippen molar-refractivity contribution in [2.45, 2.75) is 76.8 Å². The zero-order valence-electron chi connectivity index (χ0n) is 16.3. The first kappa shape index (κ1) is 19.9. The maximum atomic E-state index is 11.8. The van der Waals surface area contributed by atoms with Crippen molar-refractivity contribution in [1.82, 2.24) is 9.97 Å². The van der Waals surface area contributed by atoms with E-state index >= 15 is 0 Å². The van der Waals surface area contributed by atoms with Crippen LogP contribution in [0.5, 0.6) is 0 Å². The van der Waals surface area contributed by atoms with E-state index in [2.05, 4.69) is 27.5 Å². The molecule has 2 aliphatic rings. The summed E-state index contributed by atoms with van der Waals surface area (Å²) in [6.45, 7) is 2.44. The predicted octanol–water partition coefficient (Wildman–Crippen LogP) is 2.92. The van der Waals surface area contributed by atoms with E-state index in [1.54, 1.807) is 0 Å². The Morgan fingerprint density at radius 2 is 1.93 bits per heavy atom. The summed E-state index contributed by atoms with van der Waals surface area (Å²) in [7, 11) is 0. The summed E-state index contributed by atoms with van der Waals surface area (Å²) in [6.07, 6.45) is 11.8. The molecule has 0 bridgehead atoms. The van der Waals surface area contributed by atoms with Crippen LogP contribution in [-0.2, 0) is 0 Å². The Morgan fingerprint density at radius 3 is 2.56 bits per heavy atom. The molecule has 1 heterocycles. The highest BCUT2D eigenvalue weighted by Crippen LogP contribution is 2.29. The van der Waals surface area contributed by atoms with Gasteiger partial charge in [0.15, 0.2) is 0 Å². The molecule has 0 saturated heterocycles. The number of aliphatic hydroxyl groups is 1. The summed E-state index contributed by atoms with van der Waals surface area (Å²) < 4.78 is 0. The van der Waals surface area contributed by atoms with Crippen LogP contribution in [-0.4, -0.2) is 39.7 Å². The van der Waals surface area contributed by atoms with Gasteiger partial charge in [-0.05, 0) is 57.3 Å². The third kappa shape index (κ3) is 5.31. The van der Waals surface area contributed by atoms with Crippen LogP contribution in [0.3, 0.4) is 0 Å². The van der Waals surface area contributed by atoms with Crippen molar-refractivity contribution in [3.63, 3.8) is 0 Å². The molecule has 0 radical (unpaired) electrons. The van der Waals surface area contributed by atoms with Crippen molar-refractivity contribution in [3.8, 4) is 0 Å². The lowest BCUT2D eigenvalue weighted by Gasteiger charge is -2.29. The molecule has 0 spiro atoms. The van der Waals surface area contributed by atoms with Crippen molar-refractivity contribution < 1.29 is 9.90 Å². The molecule has 27 heavy (non-hydrogen) atoms. The van der Waals surface area contributed by atoms with Crippen molar-refractivity contribution >= 4 is 17.7 Å². The molecule has 1 amide bonds. The minimum absolute atomic E-state index is 0.240. The van der Waals surface area contributed by atoms with Gasteiger partial charge in [-0.25, -0.2) is 4.98 Å². The Morgan fingerprint density at radius 1 is 1.22 bits per heavy atom. The summed E-state index contributed by atoms with van der Waals surface area (Å²) >= 11 is 0. The highest BCUT2D eigenvalue weighted by molar-refractivity contribution is 5.97. The lowest BCUT2D eigenvalue weighted by atomic mass is 9.85. The average Bonchev–Trinajstić information content (AvgIpc) is 2.69. The number of rotatable bonds is 7. The van der Waals surface area contributed by atoms with Crippen LogP contribution in [0.1, 0.15) is 75.1 Å². The van der Waals surface area contributed by atoms with Crippen LogP contribution in [0, 0.1) is 11.8 Å². The van der Waals surface area contributed by atoms with E-state index < -0.39 is 5.91 Å². The molecule has 2 aliphatic carbocycles. The van der Waals surface area contributed by atoms with Crippen LogP contribution in [0.25, 0.3) is 0 Å². The number of amides is 1. The van der Waals surface area contributed by atoms with Crippen LogP contribution < -0.4 is 16.4 Å². The third-order valence-electron chi connectivity index (χ3n) is 6.21. The number of primary amides is 1. The van der Waals surface area contributed by atoms with E-state index in [-0.39, 0.29) is 12.6 Å². The van der Waals surface area contributed by atoms with Gasteiger partial charge >= 0.3 is 0 Å². The molecule has 0 aromatic carbocycles. The standard InChI is InChI=1S/C20H33N5O2/c1-13(15-5-3-2-4-6-15)23-20-22-11-17(18(21)27)19(25-20)24-16-9-7-14(12-26)8-10-16/h11,13-16,26H,2-10,12H2,1H3,(H2,21,27)(H2,22,23,24,25)/t13-,14-,16+/m0/s1. The number of hydrogen-bond acceptors (Lipinski definition) is 6. The van der Waals surface area contributed by atoms with Crippen molar-refractivity contribution in [3.05, 3.63) is 11.8 Å². The van der Waals surface area contributed by atoms with Gasteiger partial charge in [0.1, 0.15) is 5.82 Å². The van der Waals surface area contributed by atoms with E-state index in [0.717, 1.165) is 25.7 Å². The van der Waals surface area contributed by atoms with Gasteiger partial charge in [-0.15, -0.1) is 0 Å². The smallest absolute Gasteiger partial charge is 0.254 e. The van der Waals surface area contributed by atoms with Crippen LogP contribution in [0.4, 0.5) is 11.8 Å². The van der Waals surface area contributed by atoms with Gasteiger partial charge in [0.2, 0.25) is 5.95 Å². The van der Waals surface area contributed by atoms with E-state index in [9.17, 15) is 9.90 Å². The molecule has 150 valence electrons. The monoisotopic (exact) mass is 375 g/mol. The van der Waals surface area contributed by atoms with Gasteiger partial charge in [0.05, 0.1) is 5.56 Å². The molecular formula is C20H33N5O2. The van der Waals surface area contributed by atoms with Gasteiger partial charge in [-0.3, -0.25) is 4.79 Å². The topological polar surface area (TPSA) is 113 Å². The molecular weight excluding hydrogens is 342 g/mol. The molecule has 0 unspecified atom stereocenters. The Hall–Kier alpha value is -1.89. The first-order valence-corrected chi connectivity index (χ1v) is 10.4. The molecule has 0 aliphatic heterocycles. The highest BCUT2D eigenvalue weighted by atomic mass is 16.3. The largest absolute Gasteiger partial charge is 0.396 e. The zero-order valence-corrected chi connectivity index (χ0v) is 16.3. The molecule has 2 fully saturated rings. The number of carbonyl (C=O) groups is 1. The number of hydrogen-bond donors (Lipinski definition) is 4. The van der Waals surface area contributed by atoms with Crippen molar-refractivity contribution in [2.75, 3.05) is 17.2 Å². The number of nitrogens with one attached hydrogen (secondary N) is 2. The summed E-state index contributed by atoms with van der Waals surface area (Å²) in [4.78, 5) is 20.7. The number of aliphatic hydroxyl groups excluding tert-OH is 1. The number of anilines is 2. The normalized spacial score (nSPS) is 25.0. The van der Waals surface area contributed by atoms with Gasteiger partial charge in [-0.1, -0.05) is 19.3 Å². The zero-order chi connectivity index (χ0) is 19.2. The number of carbonyl (C=O) groups excluding carboxylic acids is 1. The molecule has 5 N–H and O–H groups in total. The Kier molecular flexibility index (Phi) is 6.88. The molecule has 1 atom stereocenters. The maximum Gasteiger partial charge on any atom is 0.254 e. The van der Waals surface area contributed by atoms with Crippen LogP contribution >= 0.6 is 0 Å². The van der Waals surface area contributed by atoms with Crippen LogP contribution in [0.15, 0.2) is 6.20 Å². The van der Waals surface area contributed by atoms with E-state index in [1.165, 1.54) is 38.3 Å². The molecule has 1 aromatic rings. The minimum Gasteiger partial charge on any atom is -0.396 e. The van der Waals surface area contributed by atoms with Crippen LogP contribution in [0.2, 0.25) is 0 Å². The first-order valence-electron chi connectivity index (χ1n) is 10.4. The van der Waals surface area contributed by atoms with Gasteiger partial charge in [-0.2, -0.15) is 4.98 Å². The summed E-state index contributed by atoms with van der Waals surface area (Å²) in [6, 6.07) is 0.544. The van der Waals surface area contributed by atoms with E-state index in [1.807, 2.05) is 0 Å². The Labute approximate surface area is 161 Å². The Bertz CT molecular complexity index is 625. The minimum atomic E-state index is -0.520. The number of nitrogens with two attached hydrogens (primary N) is 1. The summed E-state index contributed by atoms with van der Waals surface area (Å²) in [5, 5.41) is 16.1. The van der Waals surface area contributed by atoms with Crippen molar-refractivity contribution in [2.24, 2.45) is 17.6 Å². The molecule has 2 saturated carbocycles. The number of aromatic nitrogens is 2. The van der Waals surface area contributed by atoms with Gasteiger partial charge < -0.3 is 21.5 Å². The molecule has 7 heteroatoms. The second kappa shape index (κ2) is 9.35. The van der Waals surface area contributed by atoms with E-state index in [0.29, 0.717) is 35.2 Å².